The highest BCUT2D eigenvalue weighted by atomic mass is 16.4. The fourth-order valence-electron chi connectivity index (χ4n) is 1.25. The molecule has 0 amide bonds. The van der Waals surface area contributed by atoms with Crippen molar-refractivity contribution in [1.82, 2.24) is 0 Å². The summed E-state index contributed by atoms with van der Waals surface area (Å²) in [5.74, 6) is 0.430. The molecule has 1 aromatic rings. The molecule has 0 aliphatic carbocycles. The van der Waals surface area contributed by atoms with Crippen molar-refractivity contribution in [1.29, 1.82) is 0 Å². The molecule has 0 heterocycles. The molecule has 0 radical (unpaired) electrons. The third-order valence-corrected chi connectivity index (χ3v) is 2.30. The van der Waals surface area contributed by atoms with E-state index in [0.717, 1.165) is 5.57 Å². The van der Waals surface area contributed by atoms with Crippen LogP contribution >= 0.6 is 0 Å². The molecule has 2 nitrogen and oxygen atoms in total. The van der Waals surface area contributed by atoms with E-state index in [1.807, 2.05) is 20.8 Å². The molecule has 104 valence electrons. The Bertz CT molecular complexity index is 321. The molecule has 2 heteroatoms. The van der Waals surface area contributed by atoms with Gasteiger partial charge in [-0.3, -0.25) is 0 Å². The Kier molecular flexibility index (Phi) is 13.2. The molecule has 0 bridgehead atoms. The van der Waals surface area contributed by atoms with E-state index in [1.54, 1.807) is 14.2 Å². The second kappa shape index (κ2) is 12.3. The Morgan fingerprint density at radius 2 is 1.83 bits per heavy atom. The number of rotatable bonds is 3. The van der Waals surface area contributed by atoms with Crippen molar-refractivity contribution in [2.24, 2.45) is 5.73 Å². The molecular formula is C16H29NO. The van der Waals surface area contributed by atoms with Gasteiger partial charge in [0, 0.05) is 14.2 Å². The number of methoxy groups -OCH3 is 1. The number of benzene rings is 1. The van der Waals surface area contributed by atoms with Crippen LogP contribution in [0, 0.1) is 0 Å². The van der Waals surface area contributed by atoms with Crippen LogP contribution in [0.4, 0.5) is 0 Å². The van der Waals surface area contributed by atoms with Gasteiger partial charge in [-0.25, -0.2) is 0 Å². The van der Waals surface area contributed by atoms with Crippen LogP contribution in [0.3, 0.4) is 0 Å². The predicted octanol–water partition coefficient (Wildman–Crippen LogP) is 4.07. The van der Waals surface area contributed by atoms with Crippen molar-refractivity contribution < 1.29 is 4.74 Å². The van der Waals surface area contributed by atoms with Crippen LogP contribution in [0.2, 0.25) is 0 Å². The molecule has 1 rings (SSSR count). The molecule has 0 aliphatic heterocycles. The summed E-state index contributed by atoms with van der Waals surface area (Å²) >= 11 is 0. The normalized spacial score (nSPS) is 10.4. The lowest BCUT2D eigenvalue weighted by Gasteiger charge is -2.10. The van der Waals surface area contributed by atoms with Gasteiger partial charge < -0.3 is 10.5 Å². The second-order valence-electron chi connectivity index (χ2n) is 3.95. The lowest BCUT2D eigenvalue weighted by atomic mass is 9.97. The third kappa shape index (κ3) is 8.04. The van der Waals surface area contributed by atoms with Crippen LogP contribution in [0.5, 0.6) is 0 Å². The molecule has 1 unspecified atom stereocenters. The van der Waals surface area contributed by atoms with Crippen LogP contribution < -0.4 is 5.73 Å². The van der Waals surface area contributed by atoms with Gasteiger partial charge in [0.15, 0.2) is 0 Å². The van der Waals surface area contributed by atoms with Crippen molar-refractivity contribution in [2.75, 3.05) is 20.8 Å². The van der Waals surface area contributed by atoms with Gasteiger partial charge in [-0.1, -0.05) is 57.2 Å². The van der Waals surface area contributed by atoms with Crippen molar-refractivity contribution in [3.8, 4) is 0 Å². The fourth-order valence-corrected chi connectivity index (χ4v) is 1.25. The number of hydrogen-bond acceptors (Lipinski definition) is 2. The van der Waals surface area contributed by atoms with Crippen LogP contribution in [0.1, 0.15) is 44.7 Å². The van der Waals surface area contributed by atoms with E-state index in [0.29, 0.717) is 12.5 Å². The van der Waals surface area contributed by atoms with Gasteiger partial charge in [0.05, 0.1) is 0 Å². The van der Waals surface area contributed by atoms with Gasteiger partial charge in [-0.15, -0.1) is 0 Å². The smallest absolute Gasteiger partial charge is 0.0351 e. The SMILES string of the molecule is C=C(C)c1cccc(C(C)CN)c1.CC.COC. The predicted molar refractivity (Wildman–Crippen MR) is 82.9 cm³/mol. The number of allylic oxidation sites excluding steroid dienone is 1. The lowest BCUT2D eigenvalue weighted by Crippen LogP contribution is -2.08. The van der Waals surface area contributed by atoms with Gasteiger partial charge in [-0.2, -0.15) is 0 Å². The van der Waals surface area contributed by atoms with Crippen molar-refractivity contribution in [3.05, 3.63) is 42.0 Å². The summed E-state index contributed by atoms with van der Waals surface area (Å²) in [5, 5.41) is 0. The second-order valence-corrected chi connectivity index (χ2v) is 3.95. The minimum absolute atomic E-state index is 0.430. The Morgan fingerprint density at radius 3 is 2.22 bits per heavy atom. The average molecular weight is 251 g/mol. The highest BCUT2D eigenvalue weighted by Gasteiger charge is 2.03. The summed E-state index contributed by atoms with van der Waals surface area (Å²) in [7, 11) is 3.25. The quantitative estimate of drug-likeness (QED) is 0.879. The molecule has 1 aromatic carbocycles. The maximum atomic E-state index is 5.61. The van der Waals surface area contributed by atoms with Crippen LogP contribution in [0.15, 0.2) is 30.8 Å². The van der Waals surface area contributed by atoms with E-state index >= 15 is 0 Å². The monoisotopic (exact) mass is 251 g/mol. The minimum atomic E-state index is 0.430. The summed E-state index contributed by atoms with van der Waals surface area (Å²) in [6.45, 7) is 12.8. The molecule has 0 aliphatic rings. The number of hydrogen-bond donors (Lipinski definition) is 1. The average Bonchev–Trinajstić information content (AvgIpc) is 2.41. The first-order valence-electron chi connectivity index (χ1n) is 6.42. The summed E-state index contributed by atoms with van der Waals surface area (Å²) < 4.78 is 4.25. The highest BCUT2D eigenvalue weighted by Crippen LogP contribution is 2.18. The maximum Gasteiger partial charge on any atom is 0.0351 e. The van der Waals surface area contributed by atoms with Crippen LogP contribution in [-0.4, -0.2) is 20.8 Å². The fraction of sp³-hybridized carbons (Fsp3) is 0.500. The zero-order valence-electron chi connectivity index (χ0n) is 12.8. The highest BCUT2D eigenvalue weighted by molar-refractivity contribution is 5.61. The first-order chi connectivity index (χ1) is 8.56. The van der Waals surface area contributed by atoms with Gasteiger partial charge in [-0.05, 0) is 30.5 Å². The Labute approximate surface area is 113 Å². The van der Waals surface area contributed by atoms with Crippen molar-refractivity contribution in [2.45, 2.75) is 33.6 Å². The van der Waals surface area contributed by atoms with Crippen LogP contribution in [0.25, 0.3) is 5.57 Å². The zero-order valence-corrected chi connectivity index (χ0v) is 12.8. The first-order valence-corrected chi connectivity index (χ1v) is 6.42. The van der Waals surface area contributed by atoms with E-state index in [4.69, 9.17) is 5.73 Å². The molecule has 0 spiro atoms. The Balaban J connectivity index is 0. The van der Waals surface area contributed by atoms with E-state index in [2.05, 4.69) is 42.5 Å². The number of ether oxygens (including phenoxy) is 1. The molecule has 18 heavy (non-hydrogen) atoms. The van der Waals surface area contributed by atoms with E-state index in [-0.39, 0.29) is 0 Å². The van der Waals surface area contributed by atoms with Gasteiger partial charge in [0.1, 0.15) is 0 Å². The largest absolute Gasteiger partial charge is 0.388 e. The van der Waals surface area contributed by atoms with E-state index < -0.39 is 0 Å². The molecule has 1 atom stereocenters. The summed E-state index contributed by atoms with van der Waals surface area (Å²) in [6, 6.07) is 8.42. The lowest BCUT2D eigenvalue weighted by molar-refractivity contribution is 0.277. The number of nitrogens with two attached hydrogens (primary N) is 1. The molecule has 0 fully saturated rings. The Morgan fingerprint density at radius 1 is 1.33 bits per heavy atom. The third-order valence-electron chi connectivity index (χ3n) is 2.30. The molecule has 0 saturated heterocycles. The summed E-state index contributed by atoms with van der Waals surface area (Å²) in [5.41, 5.74) is 9.21. The van der Waals surface area contributed by atoms with Gasteiger partial charge in [0.2, 0.25) is 0 Å². The molecule has 2 N–H and O–H groups in total. The van der Waals surface area contributed by atoms with E-state index in [9.17, 15) is 0 Å². The van der Waals surface area contributed by atoms with Crippen molar-refractivity contribution in [3.63, 3.8) is 0 Å². The van der Waals surface area contributed by atoms with Gasteiger partial charge >= 0.3 is 0 Å². The van der Waals surface area contributed by atoms with Crippen molar-refractivity contribution >= 4 is 5.57 Å². The minimum Gasteiger partial charge on any atom is -0.388 e. The van der Waals surface area contributed by atoms with E-state index in [1.165, 1.54) is 11.1 Å². The summed E-state index contributed by atoms with van der Waals surface area (Å²) in [6.07, 6.45) is 0. The standard InChI is InChI=1S/C12H17N.C2H6O.C2H6/c1-9(2)11-5-4-6-12(7-11)10(3)8-13;1-3-2;1-2/h4-7,10H,1,8,13H2,2-3H3;1-2H3;1-2H3. The van der Waals surface area contributed by atoms with Gasteiger partial charge in [0.25, 0.3) is 0 Å². The molecule has 0 saturated carbocycles. The van der Waals surface area contributed by atoms with Crippen LogP contribution in [-0.2, 0) is 4.74 Å². The topological polar surface area (TPSA) is 35.2 Å². The zero-order chi connectivity index (χ0) is 14.6. The molecular weight excluding hydrogens is 222 g/mol. The summed E-state index contributed by atoms with van der Waals surface area (Å²) in [4.78, 5) is 0. The Hall–Kier alpha value is -1.12. The first kappa shape index (κ1) is 19.2. The molecule has 0 aromatic heterocycles. The maximum absolute atomic E-state index is 5.61.